The lowest BCUT2D eigenvalue weighted by Gasteiger charge is -2.03. The molecule has 0 radical (unpaired) electrons. The number of hydrogen-bond donors (Lipinski definition) is 0. The highest BCUT2D eigenvalue weighted by molar-refractivity contribution is 5.85. The Balaban J connectivity index is 0.000000442. The molecule has 0 fully saturated rings. The van der Waals surface area contributed by atoms with Crippen molar-refractivity contribution >= 4 is 5.97 Å². The van der Waals surface area contributed by atoms with E-state index in [4.69, 9.17) is 0 Å². The fourth-order valence-corrected chi connectivity index (χ4v) is 3.70. The smallest absolute Gasteiger partial charge is 0.243 e. The standard InChI is InChI=1S/C20H39N2.C7H6O2/c1-3-4-5-6-7-8-9-10-11-12-13-14-15-16-17-22-19-18-21(2)20-22;8-7(9)6-4-2-1-3-5-6/h18-20H,3-17H2,1-2H3;1-5H,(H,8,9)/q+1;/p-1. The van der Waals surface area contributed by atoms with Crippen molar-refractivity contribution in [2.75, 3.05) is 0 Å². The lowest BCUT2D eigenvalue weighted by atomic mass is 10.0. The molecule has 0 saturated carbocycles. The molecule has 0 amide bonds. The summed E-state index contributed by atoms with van der Waals surface area (Å²) < 4.78 is 4.41. The third-order valence-electron chi connectivity index (χ3n) is 5.60. The van der Waals surface area contributed by atoms with Crippen LogP contribution in [0.1, 0.15) is 107 Å². The fraction of sp³-hybridized carbons (Fsp3) is 0.630. The number of unbranched alkanes of at least 4 members (excludes halogenated alkanes) is 13. The van der Waals surface area contributed by atoms with E-state index in [0.29, 0.717) is 0 Å². The number of imidazole rings is 1. The summed E-state index contributed by atoms with van der Waals surface area (Å²) in [6.45, 7) is 3.47. The Morgan fingerprint density at radius 3 is 1.68 bits per heavy atom. The molecule has 1 heterocycles. The fourth-order valence-electron chi connectivity index (χ4n) is 3.70. The summed E-state index contributed by atoms with van der Waals surface area (Å²) >= 11 is 0. The summed E-state index contributed by atoms with van der Waals surface area (Å²) in [5.41, 5.74) is 0.220. The number of aryl methyl sites for hydroxylation is 2. The number of carboxylic acid groups (broad SMARTS) is 1. The number of hydrogen-bond acceptors (Lipinski definition) is 2. The lowest BCUT2D eigenvalue weighted by Crippen LogP contribution is -2.23. The predicted molar refractivity (Wildman–Crippen MR) is 127 cm³/mol. The minimum Gasteiger partial charge on any atom is -0.545 e. The average Bonchev–Trinajstić information content (AvgIpc) is 3.20. The molecule has 0 aliphatic heterocycles. The van der Waals surface area contributed by atoms with Gasteiger partial charge in [0, 0.05) is 0 Å². The summed E-state index contributed by atoms with van der Waals surface area (Å²) in [6, 6.07) is 8.06. The Morgan fingerprint density at radius 2 is 1.29 bits per heavy atom. The lowest BCUT2D eigenvalue weighted by molar-refractivity contribution is -0.671. The van der Waals surface area contributed by atoms with E-state index in [0.717, 1.165) is 0 Å². The van der Waals surface area contributed by atoms with Gasteiger partial charge in [0.2, 0.25) is 6.33 Å². The molecule has 4 heteroatoms. The maximum absolute atomic E-state index is 10.1. The Kier molecular flexibility index (Phi) is 16.2. The molecule has 0 saturated heterocycles. The number of aromatic nitrogens is 2. The van der Waals surface area contributed by atoms with E-state index in [2.05, 4.69) is 41.8 Å². The van der Waals surface area contributed by atoms with Crippen LogP contribution in [0, 0.1) is 0 Å². The molecular formula is C27H44N2O2. The van der Waals surface area contributed by atoms with Gasteiger partial charge in [0.05, 0.1) is 19.6 Å². The Hall–Kier alpha value is -2.10. The normalized spacial score (nSPS) is 10.5. The third-order valence-corrected chi connectivity index (χ3v) is 5.60. The van der Waals surface area contributed by atoms with E-state index in [1.165, 1.54) is 109 Å². The second-order valence-corrected chi connectivity index (χ2v) is 8.57. The number of nitrogens with zero attached hydrogens (tertiary/aromatic N) is 2. The zero-order valence-corrected chi connectivity index (χ0v) is 19.9. The van der Waals surface area contributed by atoms with Crippen molar-refractivity contribution < 1.29 is 14.5 Å². The summed E-state index contributed by atoms with van der Waals surface area (Å²) in [7, 11) is 2.09. The summed E-state index contributed by atoms with van der Waals surface area (Å²) in [5.74, 6) is -1.13. The number of carbonyl (C=O) groups excluding carboxylic acids is 1. The van der Waals surface area contributed by atoms with Crippen molar-refractivity contribution in [3.8, 4) is 0 Å². The molecule has 0 unspecified atom stereocenters. The number of aromatic carboxylic acids is 1. The van der Waals surface area contributed by atoms with E-state index in [1.54, 1.807) is 18.2 Å². The number of rotatable bonds is 16. The topological polar surface area (TPSA) is 48.9 Å². The highest BCUT2D eigenvalue weighted by Crippen LogP contribution is 2.13. The molecular weight excluding hydrogens is 384 g/mol. The molecule has 0 N–H and O–H groups in total. The van der Waals surface area contributed by atoms with Crippen LogP contribution >= 0.6 is 0 Å². The van der Waals surface area contributed by atoms with Gasteiger partial charge in [-0.2, -0.15) is 0 Å². The molecule has 1 aromatic heterocycles. The van der Waals surface area contributed by atoms with Gasteiger partial charge in [0.15, 0.2) is 0 Å². The number of carbonyl (C=O) groups is 1. The average molecular weight is 429 g/mol. The number of benzene rings is 1. The van der Waals surface area contributed by atoms with Gasteiger partial charge in [-0.15, -0.1) is 0 Å². The van der Waals surface area contributed by atoms with Crippen molar-refractivity contribution in [1.29, 1.82) is 0 Å². The summed E-state index contributed by atoms with van der Waals surface area (Å²) in [6.07, 6.45) is 26.5. The van der Waals surface area contributed by atoms with Crippen LogP contribution in [0.25, 0.3) is 0 Å². The first-order chi connectivity index (χ1) is 15.1. The minimum absolute atomic E-state index is 0.220. The van der Waals surface area contributed by atoms with Crippen molar-refractivity contribution in [3.05, 3.63) is 54.6 Å². The van der Waals surface area contributed by atoms with E-state index >= 15 is 0 Å². The third kappa shape index (κ3) is 15.4. The van der Waals surface area contributed by atoms with E-state index in [-0.39, 0.29) is 5.56 Å². The highest BCUT2D eigenvalue weighted by Gasteiger charge is 1.99. The largest absolute Gasteiger partial charge is 0.545 e. The molecule has 0 aliphatic carbocycles. The first-order valence-corrected chi connectivity index (χ1v) is 12.4. The maximum Gasteiger partial charge on any atom is 0.243 e. The van der Waals surface area contributed by atoms with Gasteiger partial charge in [-0.05, 0) is 18.4 Å². The van der Waals surface area contributed by atoms with Gasteiger partial charge in [0.25, 0.3) is 0 Å². The molecule has 174 valence electrons. The Labute approximate surface area is 190 Å². The summed E-state index contributed by atoms with van der Waals surface area (Å²) in [4.78, 5) is 10.1. The minimum atomic E-state index is -1.13. The second kappa shape index (κ2) is 18.7. The van der Waals surface area contributed by atoms with Gasteiger partial charge in [-0.25, -0.2) is 9.13 Å². The van der Waals surface area contributed by atoms with Crippen LogP contribution in [0.5, 0.6) is 0 Å². The van der Waals surface area contributed by atoms with Crippen LogP contribution in [-0.4, -0.2) is 10.5 Å². The summed E-state index contributed by atoms with van der Waals surface area (Å²) in [5, 5.41) is 10.1. The van der Waals surface area contributed by atoms with Crippen LogP contribution in [0.15, 0.2) is 49.1 Å². The van der Waals surface area contributed by atoms with Gasteiger partial charge < -0.3 is 9.90 Å². The van der Waals surface area contributed by atoms with E-state index in [1.807, 2.05) is 0 Å². The molecule has 0 aliphatic rings. The van der Waals surface area contributed by atoms with Crippen LogP contribution in [-0.2, 0) is 13.6 Å². The molecule has 2 rings (SSSR count). The Morgan fingerprint density at radius 1 is 0.806 bits per heavy atom. The first kappa shape index (κ1) is 26.9. The second-order valence-electron chi connectivity index (χ2n) is 8.57. The van der Waals surface area contributed by atoms with Gasteiger partial charge in [-0.3, -0.25) is 0 Å². The maximum atomic E-state index is 10.1. The SMILES string of the molecule is CCCCCCCCCCCCCCCCn1cc[n+](C)c1.O=C([O-])c1ccccc1. The molecule has 1 aromatic carbocycles. The van der Waals surface area contributed by atoms with Crippen LogP contribution in [0.3, 0.4) is 0 Å². The van der Waals surface area contributed by atoms with Gasteiger partial charge >= 0.3 is 0 Å². The van der Waals surface area contributed by atoms with Crippen molar-refractivity contribution in [1.82, 2.24) is 4.57 Å². The Bertz CT molecular complexity index is 667. The van der Waals surface area contributed by atoms with Crippen LogP contribution < -0.4 is 9.67 Å². The van der Waals surface area contributed by atoms with Crippen LogP contribution in [0.2, 0.25) is 0 Å². The van der Waals surface area contributed by atoms with E-state index < -0.39 is 5.97 Å². The van der Waals surface area contributed by atoms with Gasteiger partial charge in [0.1, 0.15) is 12.4 Å². The molecule has 31 heavy (non-hydrogen) atoms. The zero-order valence-electron chi connectivity index (χ0n) is 19.9. The number of carboxylic acids is 1. The van der Waals surface area contributed by atoms with Gasteiger partial charge in [-0.1, -0.05) is 114 Å². The quantitative estimate of drug-likeness (QED) is 0.249. The molecule has 0 spiro atoms. The van der Waals surface area contributed by atoms with E-state index in [9.17, 15) is 9.90 Å². The molecule has 0 bridgehead atoms. The van der Waals surface area contributed by atoms with Crippen molar-refractivity contribution in [3.63, 3.8) is 0 Å². The highest BCUT2D eigenvalue weighted by atomic mass is 16.4. The van der Waals surface area contributed by atoms with Crippen molar-refractivity contribution in [2.45, 2.75) is 103 Å². The van der Waals surface area contributed by atoms with Crippen molar-refractivity contribution in [2.24, 2.45) is 7.05 Å². The molecule has 0 atom stereocenters. The zero-order chi connectivity index (χ0) is 22.6. The van der Waals surface area contributed by atoms with Crippen LogP contribution in [0.4, 0.5) is 0 Å². The first-order valence-electron chi connectivity index (χ1n) is 12.4. The molecule has 2 aromatic rings. The predicted octanol–water partition coefficient (Wildman–Crippen LogP) is 5.84. The monoisotopic (exact) mass is 428 g/mol. The molecule has 4 nitrogen and oxygen atoms in total.